The molecular weight excluding hydrogens is 322 g/mol. The Bertz CT molecular complexity index is 562. The zero-order valence-electron chi connectivity index (χ0n) is 15.3. The number of nitrogens with zero attached hydrogens (tertiary/aromatic N) is 1. The van der Waals surface area contributed by atoms with E-state index in [0.717, 1.165) is 52.0 Å². The van der Waals surface area contributed by atoms with Crippen LogP contribution in [-0.2, 0) is 14.2 Å². The van der Waals surface area contributed by atoms with Gasteiger partial charge >= 0.3 is 0 Å². The third-order valence-electron chi connectivity index (χ3n) is 5.28. The van der Waals surface area contributed by atoms with Crippen LogP contribution in [0.1, 0.15) is 48.7 Å². The molecule has 2 aliphatic rings. The third kappa shape index (κ3) is 4.43. The number of ether oxygens (including phenoxy) is 3. The fourth-order valence-corrected chi connectivity index (χ4v) is 3.79. The molecule has 0 aliphatic carbocycles. The maximum Gasteiger partial charge on any atom is 0.257 e. The summed E-state index contributed by atoms with van der Waals surface area (Å²) in [6.07, 6.45) is 5.37. The third-order valence-corrected chi connectivity index (χ3v) is 5.28. The van der Waals surface area contributed by atoms with Gasteiger partial charge in [0.15, 0.2) is 0 Å². The van der Waals surface area contributed by atoms with Crippen molar-refractivity contribution >= 4 is 5.91 Å². The van der Waals surface area contributed by atoms with E-state index >= 15 is 0 Å². The molecule has 0 aromatic carbocycles. The van der Waals surface area contributed by atoms with E-state index in [-0.39, 0.29) is 17.6 Å². The number of carbonyl (C=O) groups excluding carboxylic acids is 1. The topological polar surface area (TPSA) is 61.1 Å². The number of likely N-dealkylation sites (tertiary alicyclic amines) is 1. The minimum Gasteiger partial charge on any atom is -0.469 e. The van der Waals surface area contributed by atoms with Crippen molar-refractivity contribution in [2.45, 2.75) is 51.2 Å². The lowest BCUT2D eigenvalue weighted by atomic mass is 9.83. The number of piperidine rings is 1. The van der Waals surface area contributed by atoms with Crippen LogP contribution in [-0.4, -0.2) is 62.0 Å². The van der Waals surface area contributed by atoms with Crippen LogP contribution in [0, 0.1) is 6.92 Å². The number of hydrogen-bond acceptors (Lipinski definition) is 5. The summed E-state index contributed by atoms with van der Waals surface area (Å²) in [5.74, 6) is 0.739. The van der Waals surface area contributed by atoms with Crippen LogP contribution in [0.2, 0.25) is 0 Å². The highest BCUT2D eigenvalue weighted by Crippen LogP contribution is 2.36. The molecule has 1 aromatic heterocycles. The van der Waals surface area contributed by atoms with Crippen molar-refractivity contribution in [3.63, 3.8) is 0 Å². The highest BCUT2D eigenvalue weighted by Gasteiger charge is 2.41. The Hall–Kier alpha value is -1.37. The van der Waals surface area contributed by atoms with E-state index in [9.17, 15) is 4.79 Å². The van der Waals surface area contributed by atoms with Crippen LogP contribution in [0.4, 0.5) is 0 Å². The molecule has 6 heteroatoms. The summed E-state index contributed by atoms with van der Waals surface area (Å²) < 4.78 is 22.7. The SMILES string of the molecule is CCOCCOC1CCOC2(CCN(C(=O)c3ccoc3C)CC2)C1. The maximum atomic E-state index is 12.6. The van der Waals surface area contributed by atoms with Crippen LogP contribution in [0.25, 0.3) is 0 Å². The Morgan fingerprint density at radius 1 is 1.36 bits per heavy atom. The number of furan rings is 1. The van der Waals surface area contributed by atoms with Gasteiger partial charge < -0.3 is 23.5 Å². The molecule has 3 rings (SSSR count). The van der Waals surface area contributed by atoms with E-state index in [0.29, 0.717) is 24.5 Å². The second kappa shape index (κ2) is 8.34. The Kier molecular flexibility index (Phi) is 6.15. The summed E-state index contributed by atoms with van der Waals surface area (Å²) in [6.45, 7) is 7.99. The van der Waals surface area contributed by atoms with E-state index in [1.807, 2.05) is 18.7 Å². The molecule has 0 saturated carbocycles. The lowest BCUT2D eigenvalue weighted by Crippen LogP contribution is -2.52. The quantitative estimate of drug-likeness (QED) is 0.738. The van der Waals surface area contributed by atoms with Gasteiger partial charge in [0.25, 0.3) is 5.91 Å². The first kappa shape index (κ1) is 18.4. The summed E-state index contributed by atoms with van der Waals surface area (Å²) in [5, 5.41) is 0. The maximum absolute atomic E-state index is 12.6. The van der Waals surface area contributed by atoms with E-state index in [4.69, 9.17) is 18.6 Å². The lowest BCUT2D eigenvalue weighted by molar-refractivity contribution is -0.155. The summed E-state index contributed by atoms with van der Waals surface area (Å²) in [6, 6.07) is 1.75. The molecule has 1 spiro atoms. The molecule has 0 bridgehead atoms. The fourth-order valence-electron chi connectivity index (χ4n) is 3.79. The Morgan fingerprint density at radius 3 is 2.84 bits per heavy atom. The van der Waals surface area contributed by atoms with Crippen molar-refractivity contribution in [2.75, 3.05) is 39.5 Å². The minimum atomic E-state index is -0.142. The van der Waals surface area contributed by atoms with Crippen molar-refractivity contribution in [1.82, 2.24) is 4.90 Å². The number of hydrogen-bond donors (Lipinski definition) is 0. The predicted octanol–water partition coefficient (Wildman–Crippen LogP) is 2.79. The summed E-state index contributed by atoms with van der Waals surface area (Å²) >= 11 is 0. The molecule has 6 nitrogen and oxygen atoms in total. The zero-order valence-corrected chi connectivity index (χ0v) is 15.3. The van der Waals surface area contributed by atoms with E-state index < -0.39 is 0 Å². The van der Waals surface area contributed by atoms with Gasteiger partial charge in [0.05, 0.1) is 36.7 Å². The first-order valence-corrected chi connectivity index (χ1v) is 9.30. The summed E-state index contributed by atoms with van der Waals surface area (Å²) in [7, 11) is 0. The number of amides is 1. The highest BCUT2D eigenvalue weighted by molar-refractivity contribution is 5.95. The van der Waals surface area contributed by atoms with Gasteiger partial charge in [-0.25, -0.2) is 0 Å². The molecule has 0 N–H and O–H groups in total. The zero-order chi connectivity index (χ0) is 17.7. The number of aryl methyl sites for hydroxylation is 1. The van der Waals surface area contributed by atoms with Crippen LogP contribution < -0.4 is 0 Å². The molecule has 3 heterocycles. The number of carbonyl (C=O) groups is 1. The standard InChI is InChI=1S/C19H29NO5/c1-3-22-12-13-24-16-4-11-25-19(14-16)6-8-20(9-7-19)18(21)17-5-10-23-15(17)2/h5,10,16H,3-4,6-9,11-14H2,1-2H3. The van der Waals surface area contributed by atoms with Crippen LogP contribution in [0.3, 0.4) is 0 Å². The molecule has 140 valence electrons. The van der Waals surface area contributed by atoms with Crippen molar-refractivity contribution in [1.29, 1.82) is 0 Å². The van der Waals surface area contributed by atoms with Gasteiger partial charge in [-0.1, -0.05) is 0 Å². The lowest BCUT2D eigenvalue weighted by Gasteiger charge is -2.46. The van der Waals surface area contributed by atoms with E-state index in [1.165, 1.54) is 0 Å². The van der Waals surface area contributed by atoms with Crippen molar-refractivity contribution < 1.29 is 23.4 Å². The molecular formula is C19H29NO5. The summed E-state index contributed by atoms with van der Waals surface area (Å²) in [4.78, 5) is 14.5. The average molecular weight is 351 g/mol. The van der Waals surface area contributed by atoms with Crippen molar-refractivity contribution in [2.24, 2.45) is 0 Å². The molecule has 2 fully saturated rings. The van der Waals surface area contributed by atoms with Gasteiger partial charge in [-0.05, 0) is 39.2 Å². The van der Waals surface area contributed by atoms with Crippen LogP contribution in [0.15, 0.2) is 16.7 Å². The van der Waals surface area contributed by atoms with Gasteiger partial charge in [-0.2, -0.15) is 0 Å². The van der Waals surface area contributed by atoms with Gasteiger partial charge in [0.2, 0.25) is 0 Å². The monoisotopic (exact) mass is 351 g/mol. The van der Waals surface area contributed by atoms with Gasteiger partial charge in [-0.3, -0.25) is 4.79 Å². The second-order valence-electron chi connectivity index (χ2n) is 6.90. The molecule has 1 unspecified atom stereocenters. The normalized spacial score (nSPS) is 23.1. The highest BCUT2D eigenvalue weighted by atomic mass is 16.5. The molecule has 25 heavy (non-hydrogen) atoms. The Labute approximate surface area is 149 Å². The smallest absolute Gasteiger partial charge is 0.257 e. The van der Waals surface area contributed by atoms with Gasteiger partial charge in [0, 0.05) is 32.7 Å². The molecule has 0 radical (unpaired) electrons. The van der Waals surface area contributed by atoms with E-state index in [2.05, 4.69) is 0 Å². The Balaban J connectivity index is 1.50. The second-order valence-corrected chi connectivity index (χ2v) is 6.90. The van der Waals surface area contributed by atoms with Crippen LogP contribution >= 0.6 is 0 Å². The Morgan fingerprint density at radius 2 is 2.16 bits per heavy atom. The molecule has 1 amide bonds. The van der Waals surface area contributed by atoms with Gasteiger partial charge in [0.1, 0.15) is 5.76 Å². The number of rotatable bonds is 6. The average Bonchev–Trinajstić information content (AvgIpc) is 3.05. The molecule has 1 aromatic rings. The van der Waals surface area contributed by atoms with Crippen molar-refractivity contribution in [3.8, 4) is 0 Å². The van der Waals surface area contributed by atoms with Crippen LogP contribution in [0.5, 0.6) is 0 Å². The largest absolute Gasteiger partial charge is 0.469 e. The minimum absolute atomic E-state index is 0.0569. The molecule has 2 aliphatic heterocycles. The van der Waals surface area contributed by atoms with Crippen molar-refractivity contribution in [3.05, 3.63) is 23.7 Å². The molecule has 2 saturated heterocycles. The molecule has 1 atom stereocenters. The summed E-state index contributed by atoms with van der Waals surface area (Å²) in [5.41, 5.74) is 0.522. The first-order chi connectivity index (χ1) is 12.1. The van der Waals surface area contributed by atoms with E-state index in [1.54, 1.807) is 12.3 Å². The first-order valence-electron chi connectivity index (χ1n) is 9.30. The fraction of sp³-hybridized carbons (Fsp3) is 0.737. The van der Waals surface area contributed by atoms with Gasteiger partial charge in [-0.15, -0.1) is 0 Å². The predicted molar refractivity (Wildman–Crippen MR) is 92.7 cm³/mol.